The van der Waals surface area contributed by atoms with Crippen LogP contribution in [0, 0.1) is 0 Å². The zero-order chi connectivity index (χ0) is 18.4. The molecule has 0 spiro atoms. The minimum Gasteiger partial charge on any atom is -0.469 e. The fraction of sp³-hybridized carbons (Fsp3) is 0.957. The first kappa shape index (κ1) is 27.6. The molecule has 0 fully saturated rings. The molecule has 3 N–H and O–H groups in total. The van der Waals surface area contributed by atoms with Crippen molar-refractivity contribution < 1.29 is 9.53 Å². The van der Waals surface area contributed by atoms with Gasteiger partial charge in [0.25, 0.3) is 0 Å². The number of hydrogen-bond acceptors (Lipinski definition) is 3. The summed E-state index contributed by atoms with van der Waals surface area (Å²) in [7, 11) is 1.47. The Balaban J connectivity index is 0. The Morgan fingerprint density at radius 2 is 0.808 bits per heavy atom. The van der Waals surface area contributed by atoms with E-state index in [0.29, 0.717) is 6.42 Å². The number of rotatable bonds is 20. The van der Waals surface area contributed by atoms with Crippen molar-refractivity contribution in [2.24, 2.45) is 0 Å². The van der Waals surface area contributed by atoms with Crippen LogP contribution in [0.1, 0.15) is 135 Å². The number of carbonyl (C=O) groups excluding carboxylic acids is 1. The van der Waals surface area contributed by atoms with Crippen LogP contribution in [0.5, 0.6) is 0 Å². The quantitative estimate of drug-likeness (QED) is 0.173. The molecule has 0 rings (SSSR count). The fourth-order valence-corrected chi connectivity index (χ4v) is 3.45. The summed E-state index contributed by atoms with van der Waals surface area (Å²) in [5.41, 5.74) is 0. The molecule has 0 aliphatic carbocycles. The van der Waals surface area contributed by atoms with Gasteiger partial charge in [0.15, 0.2) is 0 Å². The van der Waals surface area contributed by atoms with E-state index < -0.39 is 0 Å². The SMILES string of the molecule is CCCCCCCCCCCCCCCCCCCCCC(=O)OC.N. The first-order valence-corrected chi connectivity index (χ1v) is 11.4. The second kappa shape index (κ2) is 24.4. The van der Waals surface area contributed by atoms with Gasteiger partial charge < -0.3 is 10.9 Å². The number of esters is 1. The van der Waals surface area contributed by atoms with Gasteiger partial charge in [0.05, 0.1) is 7.11 Å². The highest BCUT2D eigenvalue weighted by Gasteiger charge is 1.99. The minimum absolute atomic E-state index is 0. The lowest BCUT2D eigenvalue weighted by molar-refractivity contribution is -0.140. The van der Waals surface area contributed by atoms with Crippen molar-refractivity contribution in [2.75, 3.05) is 7.11 Å². The van der Waals surface area contributed by atoms with E-state index in [9.17, 15) is 4.79 Å². The number of ether oxygens (including phenoxy) is 1. The van der Waals surface area contributed by atoms with Crippen molar-refractivity contribution in [1.29, 1.82) is 0 Å². The average molecular weight is 372 g/mol. The molecule has 0 amide bonds. The van der Waals surface area contributed by atoms with Crippen LogP contribution < -0.4 is 6.15 Å². The summed E-state index contributed by atoms with van der Waals surface area (Å²) in [6, 6.07) is 0. The molecule has 3 nitrogen and oxygen atoms in total. The van der Waals surface area contributed by atoms with Crippen LogP contribution in [-0.4, -0.2) is 13.1 Å². The molecule has 158 valence electrons. The Hall–Kier alpha value is -0.570. The third-order valence-corrected chi connectivity index (χ3v) is 5.21. The Morgan fingerprint density at radius 3 is 1.08 bits per heavy atom. The van der Waals surface area contributed by atoms with Crippen molar-refractivity contribution in [3.05, 3.63) is 0 Å². The highest BCUT2D eigenvalue weighted by Crippen LogP contribution is 2.14. The normalized spacial score (nSPS) is 10.5. The zero-order valence-electron chi connectivity index (χ0n) is 18.2. The van der Waals surface area contributed by atoms with Crippen LogP contribution in [0.3, 0.4) is 0 Å². The molecule has 0 bridgehead atoms. The average Bonchev–Trinajstić information content (AvgIpc) is 2.63. The van der Waals surface area contributed by atoms with Gasteiger partial charge in [0, 0.05) is 6.42 Å². The highest BCUT2D eigenvalue weighted by molar-refractivity contribution is 5.68. The maximum Gasteiger partial charge on any atom is 0.305 e. The van der Waals surface area contributed by atoms with E-state index in [0.717, 1.165) is 6.42 Å². The Kier molecular flexibility index (Phi) is 26.0. The van der Waals surface area contributed by atoms with Crippen LogP contribution in [0.4, 0.5) is 0 Å². The molecule has 0 aliphatic rings. The van der Waals surface area contributed by atoms with Gasteiger partial charge in [-0.05, 0) is 6.42 Å². The summed E-state index contributed by atoms with van der Waals surface area (Å²) in [6.45, 7) is 2.29. The molecular formula is C23H49NO2. The van der Waals surface area contributed by atoms with E-state index in [1.807, 2.05) is 0 Å². The van der Waals surface area contributed by atoms with Gasteiger partial charge >= 0.3 is 5.97 Å². The van der Waals surface area contributed by atoms with Crippen LogP contribution in [0.15, 0.2) is 0 Å². The van der Waals surface area contributed by atoms with E-state index >= 15 is 0 Å². The van der Waals surface area contributed by atoms with Gasteiger partial charge in [-0.25, -0.2) is 0 Å². The van der Waals surface area contributed by atoms with Crippen LogP contribution >= 0.6 is 0 Å². The van der Waals surface area contributed by atoms with Crippen molar-refractivity contribution in [2.45, 2.75) is 135 Å². The third-order valence-electron chi connectivity index (χ3n) is 5.21. The first-order chi connectivity index (χ1) is 12.3. The largest absolute Gasteiger partial charge is 0.469 e. The lowest BCUT2D eigenvalue weighted by Crippen LogP contribution is -1.99. The molecule has 0 aromatic heterocycles. The summed E-state index contributed by atoms with van der Waals surface area (Å²) < 4.78 is 4.65. The Bertz CT molecular complexity index is 269. The van der Waals surface area contributed by atoms with E-state index in [1.165, 1.54) is 123 Å². The van der Waals surface area contributed by atoms with Gasteiger partial charge in [-0.3, -0.25) is 4.79 Å². The first-order valence-electron chi connectivity index (χ1n) is 11.4. The second-order valence-corrected chi connectivity index (χ2v) is 7.69. The summed E-state index contributed by atoms with van der Waals surface area (Å²) >= 11 is 0. The zero-order valence-corrected chi connectivity index (χ0v) is 18.2. The van der Waals surface area contributed by atoms with Crippen LogP contribution in [0.2, 0.25) is 0 Å². The van der Waals surface area contributed by atoms with Crippen molar-refractivity contribution in [3.63, 3.8) is 0 Å². The fourth-order valence-electron chi connectivity index (χ4n) is 3.45. The predicted molar refractivity (Wildman–Crippen MR) is 115 cm³/mol. The number of unbranched alkanes of at least 4 members (excludes halogenated alkanes) is 18. The predicted octanol–water partition coefficient (Wildman–Crippen LogP) is 8.14. The molecule has 0 atom stereocenters. The molecule has 0 saturated carbocycles. The van der Waals surface area contributed by atoms with Gasteiger partial charge in [0.1, 0.15) is 0 Å². The third kappa shape index (κ3) is 23.4. The second-order valence-electron chi connectivity index (χ2n) is 7.69. The maximum absolute atomic E-state index is 11.0. The van der Waals surface area contributed by atoms with E-state index in [-0.39, 0.29) is 12.1 Å². The van der Waals surface area contributed by atoms with Gasteiger partial charge in [-0.2, -0.15) is 0 Å². The number of carbonyl (C=O) groups is 1. The Morgan fingerprint density at radius 1 is 0.538 bits per heavy atom. The lowest BCUT2D eigenvalue weighted by atomic mass is 10.0. The van der Waals surface area contributed by atoms with Crippen molar-refractivity contribution in [3.8, 4) is 0 Å². The number of methoxy groups -OCH3 is 1. The maximum atomic E-state index is 11.0. The molecule has 0 unspecified atom stereocenters. The van der Waals surface area contributed by atoms with Crippen LogP contribution in [-0.2, 0) is 9.53 Å². The molecule has 0 aromatic rings. The summed E-state index contributed by atoms with van der Waals surface area (Å²) in [4.78, 5) is 11.0. The molecule has 26 heavy (non-hydrogen) atoms. The summed E-state index contributed by atoms with van der Waals surface area (Å²) in [6.07, 6.45) is 26.9. The monoisotopic (exact) mass is 371 g/mol. The van der Waals surface area contributed by atoms with Gasteiger partial charge in [-0.1, -0.05) is 122 Å². The summed E-state index contributed by atoms with van der Waals surface area (Å²) in [5.74, 6) is -0.0630. The number of hydrogen-bond donors (Lipinski definition) is 1. The molecule has 0 heterocycles. The molecule has 0 aromatic carbocycles. The lowest BCUT2D eigenvalue weighted by Gasteiger charge is -2.04. The minimum atomic E-state index is -0.0630. The van der Waals surface area contributed by atoms with Crippen molar-refractivity contribution >= 4 is 5.97 Å². The van der Waals surface area contributed by atoms with Gasteiger partial charge in [0.2, 0.25) is 0 Å². The topological polar surface area (TPSA) is 61.3 Å². The van der Waals surface area contributed by atoms with E-state index in [4.69, 9.17) is 0 Å². The standard InChI is InChI=1S/C23H46O2.H3N/c1-3-4-5-6-7-8-9-10-11-12-13-14-15-16-17-18-19-20-21-22-23(24)25-2;/h3-22H2,1-2H3;1H3. The highest BCUT2D eigenvalue weighted by atomic mass is 16.5. The summed E-state index contributed by atoms with van der Waals surface area (Å²) in [5, 5.41) is 0. The Labute approximate surface area is 164 Å². The molecule has 3 heteroatoms. The molecule has 0 radical (unpaired) electrons. The molecular weight excluding hydrogens is 322 g/mol. The van der Waals surface area contributed by atoms with Crippen LogP contribution in [0.25, 0.3) is 0 Å². The van der Waals surface area contributed by atoms with E-state index in [1.54, 1.807) is 0 Å². The van der Waals surface area contributed by atoms with Crippen molar-refractivity contribution in [1.82, 2.24) is 6.15 Å². The van der Waals surface area contributed by atoms with Gasteiger partial charge in [-0.15, -0.1) is 0 Å². The molecule has 0 aliphatic heterocycles. The molecule has 0 saturated heterocycles. The van der Waals surface area contributed by atoms with E-state index in [2.05, 4.69) is 11.7 Å². The smallest absolute Gasteiger partial charge is 0.305 e.